The number of nitrogens with zero attached hydrogens (tertiary/aromatic N) is 3. The van der Waals surface area contributed by atoms with Crippen LogP contribution in [-0.4, -0.2) is 24.8 Å². The van der Waals surface area contributed by atoms with E-state index in [9.17, 15) is 9.90 Å². The maximum absolute atomic E-state index is 12.1. The maximum atomic E-state index is 12.1. The number of hydrogen-bond donors (Lipinski definition) is 1. The number of aliphatic hydroxyl groups excluding tert-OH is 1. The molecule has 120 valence electrons. The summed E-state index contributed by atoms with van der Waals surface area (Å²) < 4.78 is 3.93. The van der Waals surface area contributed by atoms with Gasteiger partial charge < -0.3 is 9.67 Å². The standard InChI is InChI=1S/C19H17N3O2/c1-13(24)18-15(12-23)20-19-21(11-14-7-3-2-4-8-14)16-9-5-6-10-17(16)22(18)19/h2-10,23H,11-12H2,1H3. The lowest BCUT2D eigenvalue weighted by Crippen LogP contribution is -2.02. The van der Waals surface area contributed by atoms with E-state index in [4.69, 9.17) is 0 Å². The van der Waals surface area contributed by atoms with Gasteiger partial charge >= 0.3 is 0 Å². The number of imidazole rings is 2. The van der Waals surface area contributed by atoms with Crippen molar-refractivity contribution in [1.29, 1.82) is 0 Å². The van der Waals surface area contributed by atoms with Crippen molar-refractivity contribution in [2.24, 2.45) is 0 Å². The van der Waals surface area contributed by atoms with Crippen LogP contribution in [0.5, 0.6) is 0 Å². The predicted octanol–water partition coefficient (Wildman–Crippen LogP) is 3.03. The highest BCUT2D eigenvalue weighted by atomic mass is 16.3. The number of para-hydroxylation sites is 2. The monoisotopic (exact) mass is 319 g/mol. The lowest BCUT2D eigenvalue weighted by Gasteiger charge is -2.05. The summed E-state index contributed by atoms with van der Waals surface area (Å²) in [6, 6.07) is 18.0. The van der Waals surface area contributed by atoms with Gasteiger partial charge in [0.25, 0.3) is 0 Å². The third kappa shape index (κ3) is 2.13. The molecule has 0 saturated heterocycles. The van der Waals surface area contributed by atoms with E-state index in [0.717, 1.165) is 16.6 Å². The molecule has 0 spiro atoms. The number of rotatable bonds is 4. The fourth-order valence-corrected chi connectivity index (χ4v) is 3.24. The Labute approximate surface area is 138 Å². The van der Waals surface area contributed by atoms with Gasteiger partial charge in [-0.25, -0.2) is 4.98 Å². The van der Waals surface area contributed by atoms with E-state index in [2.05, 4.69) is 21.7 Å². The summed E-state index contributed by atoms with van der Waals surface area (Å²) in [6.07, 6.45) is 0. The minimum Gasteiger partial charge on any atom is -0.390 e. The topological polar surface area (TPSA) is 59.5 Å². The van der Waals surface area contributed by atoms with Crippen LogP contribution >= 0.6 is 0 Å². The fourth-order valence-electron chi connectivity index (χ4n) is 3.24. The molecule has 4 rings (SSSR count). The minimum absolute atomic E-state index is 0.103. The average Bonchev–Trinajstić information content (AvgIpc) is 3.12. The molecule has 0 aliphatic heterocycles. The van der Waals surface area contributed by atoms with E-state index in [1.807, 2.05) is 46.9 Å². The Kier molecular flexibility index (Phi) is 3.43. The van der Waals surface area contributed by atoms with Gasteiger partial charge in [-0.3, -0.25) is 9.20 Å². The second-order valence-electron chi connectivity index (χ2n) is 5.82. The molecule has 5 heteroatoms. The van der Waals surface area contributed by atoms with Gasteiger partial charge in [0, 0.05) is 6.92 Å². The zero-order valence-corrected chi connectivity index (χ0v) is 13.3. The van der Waals surface area contributed by atoms with Gasteiger partial charge in [0.1, 0.15) is 5.69 Å². The van der Waals surface area contributed by atoms with Crippen LogP contribution in [0.25, 0.3) is 16.8 Å². The number of hydrogen-bond acceptors (Lipinski definition) is 3. The summed E-state index contributed by atoms with van der Waals surface area (Å²) in [7, 11) is 0. The van der Waals surface area contributed by atoms with Gasteiger partial charge in [-0.05, 0) is 17.7 Å². The van der Waals surface area contributed by atoms with Crippen LogP contribution in [0, 0.1) is 0 Å². The van der Waals surface area contributed by atoms with Crippen LogP contribution < -0.4 is 0 Å². The highest BCUT2D eigenvalue weighted by Crippen LogP contribution is 2.25. The van der Waals surface area contributed by atoms with Crippen molar-refractivity contribution in [1.82, 2.24) is 14.0 Å². The van der Waals surface area contributed by atoms with Gasteiger partial charge in [-0.1, -0.05) is 42.5 Å². The van der Waals surface area contributed by atoms with E-state index in [1.54, 1.807) is 0 Å². The number of aliphatic hydroxyl groups is 1. The van der Waals surface area contributed by atoms with Crippen molar-refractivity contribution >= 4 is 22.6 Å². The second-order valence-corrected chi connectivity index (χ2v) is 5.82. The van der Waals surface area contributed by atoms with Gasteiger partial charge in [0.2, 0.25) is 5.78 Å². The van der Waals surface area contributed by atoms with Crippen LogP contribution in [-0.2, 0) is 13.2 Å². The molecule has 0 amide bonds. The molecule has 2 aromatic carbocycles. The molecule has 0 radical (unpaired) electrons. The molecule has 0 aliphatic rings. The van der Waals surface area contributed by atoms with Crippen molar-refractivity contribution in [2.45, 2.75) is 20.1 Å². The molecule has 0 saturated carbocycles. The number of Topliss-reactive ketones (excluding diaryl/α,β-unsaturated/α-hetero) is 1. The molecule has 0 fully saturated rings. The first kappa shape index (κ1) is 14.7. The molecule has 4 aromatic rings. The van der Waals surface area contributed by atoms with Crippen molar-refractivity contribution in [3.05, 3.63) is 71.5 Å². The highest BCUT2D eigenvalue weighted by molar-refractivity contribution is 5.97. The number of benzene rings is 2. The zero-order chi connectivity index (χ0) is 16.7. The third-order valence-electron chi connectivity index (χ3n) is 4.25. The number of carbonyl (C=O) groups is 1. The summed E-state index contributed by atoms with van der Waals surface area (Å²) in [4.78, 5) is 16.7. The molecule has 0 aliphatic carbocycles. The highest BCUT2D eigenvalue weighted by Gasteiger charge is 2.22. The molecule has 0 unspecified atom stereocenters. The van der Waals surface area contributed by atoms with Crippen molar-refractivity contribution < 1.29 is 9.90 Å². The van der Waals surface area contributed by atoms with Crippen molar-refractivity contribution in [3.63, 3.8) is 0 Å². The van der Waals surface area contributed by atoms with Gasteiger partial charge in [-0.2, -0.15) is 0 Å². The Morgan fingerprint density at radius 3 is 2.38 bits per heavy atom. The molecular weight excluding hydrogens is 302 g/mol. The SMILES string of the molecule is CC(=O)c1c(CO)nc2n(Cc3ccccc3)c3ccccc3n12. The Hall–Kier alpha value is -2.92. The summed E-state index contributed by atoms with van der Waals surface area (Å²) in [5.74, 6) is 0.573. The van der Waals surface area contributed by atoms with E-state index in [0.29, 0.717) is 23.7 Å². The van der Waals surface area contributed by atoms with Crippen LogP contribution in [0.1, 0.15) is 28.7 Å². The summed E-state index contributed by atoms with van der Waals surface area (Å²) in [5, 5.41) is 9.60. The molecule has 5 nitrogen and oxygen atoms in total. The number of aromatic nitrogens is 3. The third-order valence-corrected chi connectivity index (χ3v) is 4.25. The zero-order valence-electron chi connectivity index (χ0n) is 13.3. The fraction of sp³-hybridized carbons (Fsp3) is 0.158. The minimum atomic E-state index is -0.254. The maximum Gasteiger partial charge on any atom is 0.216 e. The number of fused-ring (bicyclic) bond motifs is 3. The summed E-state index contributed by atoms with van der Waals surface area (Å²) in [5.41, 5.74) is 3.95. The number of carbonyl (C=O) groups excluding carboxylic acids is 1. The number of ketones is 1. The van der Waals surface area contributed by atoms with Crippen LogP contribution in [0.15, 0.2) is 54.6 Å². The largest absolute Gasteiger partial charge is 0.390 e. The van der Waals surface area contributed by atoms with E-state index in [1.165, 1.54) is 6.92 Å². The van der Waals surface area contributed by atoms with Crippen LogP contribution in [0.3, 0.4) is 0 Å². The van der Waals surface area contributed by atoms with Gasteiger partial charge in [0.15, 0.2) is 5.78 Å². The van der Waals surface area contributed by atoms with E-state index >= 15 is 0 Å². The lowest BCUT2D eigenvalue weighted by atomic mass is 10.2. The Morgan fingerprint density at radius 2 is 1.71 bits per heavy atom. The quantitative estimate of drug-likeness (QED) is 0.588. The predicted molar refractivity (Wildman–Crippen MR) is 92.2 cm³/mol. The molecule has 2 aromatic heterocycles. The van der Waals surface area contributed by atoms with Crippen LogP contribution in [0.4, 0.5) is 0 Å². The molecule has 2 heterocycles. The second kappa shape index (κ2) is 5.62. The molecule has 1 N–H and O–H groups in total. The summed E-state index contributed by atoms with van der Waals surface area (Å²) in [6.45, 7) is 1.90. The first-order chi connectivity index (χ1) is 11.7. The van der Waals surface area contributed by atoms with Crippen molar-refractivity contribution in [3.8, 4) is 0 Å². The Bertz CT molecular complexity index is 1040. The molecule has 0 atom stereocenters. The Morgan fingerprint density at radius 1 is 1.04 bits per heavy atom. The van der Waals surface area contributed by atoms with Crippen LogP contribution in [0.2, 0.25) is 0 Å². The van der Waals surface area contributed by atoms with Gasteiger partial charge in [0.05, 0.1) is 29.9 Å². The smallest absolute Gasteiger partial charge is 0.216 e. The first-order valence-corrected chi connectivity index (χ1v) is 7.85. The summed E-state index contributed by atoms with van der Waals surface area (Å²) >= 11 is 0. The average molecular weight is 319 g/mol. The van der Waals surface area contributed by atoms with Gasteiger partial charge in [-0.15, -0.1) is 0 Å². The normalized spacial score (nSPS) is 11.4. The molecule has 24 heavy (non-hydrogen) atoms. The van der Waals surface area contributed by atoms with E-state index < -0.39 is 0 Å². The molecule has 0 bridgehead atoms. The molecular formula is C19H17N3O2. The first-order valence-electron chi connectivity index (χ1n) is 7.85. The lowest BCUT2D eigenvalue weighted by molar-refractivity contribution is 0.100. The Balaban J connectivity index is 2.05. The van der Waals surface area contributed by atoms with E-state index in [-0.39, 0.29) is 12.4 Å². The van der Waals surface area contributed by atoms with Crippen molar-refractivity contribution in [2.75, 3.05) is 0 Å².